The molecule has 2 aromatic carbocycles. The molecule has 31 heavy (non-hydrogen) atoms. The van der Waals surface area contributed by atoms with Crippen LogP contribution in [0.5, 0.6) is 0 Å². The van der Waals surface area contributed by atoms with E-state index in [-0.39, 0.29) is 11.3 Å². The monoisotopic (exact) mass is 446 g/mol. The summed E-state index contributed by atoms with van der Waals surface area (Å²) in [7, 11) is -3.39. The minimum atomic E-state index is -3.39. The van der Waals surface area contributed by atoms with Crippen molar-refractivity contribution in [2.75, 3.05) is 12.9 Å². The van der Waals surface area contributed by atoms with Crippen LogP contribution in [0, 0.1) is 12.7 Å². The Morgan fingerprint density at radius 3 is 2.19 bits per heavy atom. The molecule has 7 nitrogen and oxygen atoms in total. The number of aromatic nitrogens is 1. The van der Waals surface area contributed by atoms with Crippen LogP contribution < -0.4 is 5.73 Å². The van der Waals surface area contributed by atoms with Gasteiger partial charge in [0.2, 0.25) is 0 Å². The van der Waals surface area contributed by atoms with E-state index in [9.17, 15) is 27.8 Å². The normalized spacial score (nSPS) is 13.7. The number of aliphatic carboxylic acids is 1. The van der Waals surface area contributed by atoms with Gasteiger partial charge in [0, 0.05) is 36.2 Å². The maximum Gasteiger partial charge on any atom is 0.328 e. The first-order valence-corrected chi connectivity index (χ1v) is 11.3. The second-order valence-corrected chi connectivity index (χ2v) is 9.40. The summed E-state index contributed by atoms with van der Waals surface area (Å²) < 4.78 is 38.8. The average Bonchev–Trinajstić information content (AvgIpc) is 3.06. The average molecular weight is 447 g/mol. The second kappa shape index (κ2) is 8.26. The highest BCUT2D eigenvalue weighted by atomic mass is 32.2. The van der Waals surface area contributed by atoms with Crippen molar-refractivity contribution in [3.63, 3.8) is 0 Å². The van der Waals surface area contributed by atoms with Crippen LogP contribution in [0.1, 0.15) is 17.7 Å². The summed E-state index contributed by atoms with van der Waals surface area (Å²) in [6.45, 7) is 1.26. The van der Waals surface area contributed by atoms with Gasteiger partial charge >= 0.3 is 5.97 Å². The summed E-state index contributed by atoms with van der Waals surface area (Å²) in [6, 6.07) is 13.4. The fourth-order valence-corrected chi connectivity index (χ4v) is 4.23. The van der Waals surface area contributed by atoms with E-state index in [0.717, 1.165) is 6.26 Å². The molecule has 3 aromatic rings. The summed E-state index contributed by atoms with van der Waals surface area (Å²) in [4.78, 5) is 12.1. The molecule has 4 N–H and O–H groups in total. The lowest BCUT2D eigenvalue weighted by molar-refractivity contribution is -0.144. The fraction of sp³-hybridized carbons (Fsp3) is 0.227. The van der Waals surface area contributed by atoms with Crippen molar-refractivity contribution in [1.82, 2.24) is 4.57 Å². The van der Waals surface area contributed by atoms with E-state index in [1.54, 1.807) is 41.8 Å². The van der Waals surface area contributed by atoms with E-state index >= 15 is 0 Å². The number of hydrogen-bond acceptors (Lipinski definition) is 5. The van der Waals surface area contributed by atoms with Crippen LogP contribution in [0.25, 0.3) is 16.9 Å². The standard InChI is InChI=1S/C22H23FN2O5S/c1-14-19(22(24,11-12-26)21(27)28)13-20(25(14)17-7-5-16(23)6-8-17)15-3-9-18(10-4-15)31(2,29)30/h3-10,13,26H,11-12,24H2,1-2H3,(H,27,28). The van der Waals surface area contributed by atoms with E-state index in [0.29, 0.717) is 28.2 Å². The Morgan fingerprint density at radius 1 is 1.13 bits per heavy atom. The molecule has 1 aromatic heterocycles. The van der Waals surface area contributed by atoms with Crippen LogP contribution in [-0.2, 0) is 20.2 Å². The van der Waals surface area contributed by atoms with Gasteiger partial charge in [-0.3, -0.25) is 0 Å². The highest BCUT2D eigenvalue weighted by molar-refractivity contribution is 7.90. The third kappa shape index (κ3) is 4.25. The van der Waals surface area contributed by atoms with Gasteiger partial charge < -0.3 is 20.5 Å². The fourth-order valence-electron chi connectivity index (χ4n) is 3.60. The van der Waals surface area contributed by atoms with E-state index in [2.05, 4.69) is 0 Å². The topological polar surface area (TPSA) is 123 Å². The molecule has 0 aliphatic carbocycles. The Kier molecular flexibility index (Phi) is 6.04. The number of benzene rings is 2. The molecule has 0 saturated heterocycles. The zero-order chi connectivity index (χ0) is 23.0. The Morgan fingerprint density at radius 2 is 1.71 bits per heavy atom. The van der Waals surface area contributed by atoms with Crippen LogP contribution in [0.15, 0.2) is 59.5 Å². The van der Waals surface area contributed by atoms with Crippen molar-refractivity contribution in [3.05, 3.63) is 71.7 Å². The largest absolute Gasteiger partial charge is 0.480 e. The highest BCUT2D eigenvalue weighted by Crippen LogP contribution is 2.36. The van der Waals surface area contributed by atoms with Gasteiger partial charge in [-0.1, -0.05) is 12.1 Å². The number of aliphatic hydroxyl groups is 1. The smallest absolute Gasteiger partial charge is 0.328 e. The Labute approximate surface area is 179 Å². The first kappa shape index (κ1) is 22.7. The van der Waals surface area contributed by atoms with Gasteiger partial charge in [0.25, 0.3) is 0 Å². The Bertz CT molecular complexity index is 1220. The number of sulfone groups is 1. The van der Waals surface area contributed by atoms with E-state index < -0.39 is 33.8 Å². The number of halogens is 1. The van der Waals surface area contributed by atoms with E-state index in [1.165, 1.54) is 24.3 Å². The SMILES string of the molecule is Cc1c(C(N)(CCO)C(=O)O)cc(-c2ccc(S(C)(=O)=O)cc2)n1-c1ccc(F)cc1. The van der Waals surface area contributed by atoms with Crippen molar-refractivity contribution >= 4 is 15.8 Å². The van der Waals surface area contributed by atoms with Gasteiger partial charge in [0.15, 0.2) is 9.84 Å². The lowest BCUT2D eigenvalue weighted by Gasteiger charge is -2.24. The molecular weight excluding hydrogens is 423 g/mol. The van der Waals surface area contributed by atoms with Crippen LogP contribution in [0.3, 0.4) is 0 Å². The Balaban J connectivity index is 2.29. The van der Waals surface area contributed by atoms with E-state index in [4.69, 9.17) is 5.73 Å². The maximum atomic E-state index is 13.5. The molecule has 0 spiro atoms. The van der Waals surface area contributed by atoms with Gasteiger partial charge in [-0.2, -0.15) is 0 Å². The third-order valence-electron chi connectivity index (χ3n) is 5.28. The summed E-state index contributed by atoms with van der Waals surface area (Å²) in [6.07, 6.45) is 0.902. The van der Waals surface area contributed by atoms with Crippen LogP contribution in [0.4, 0.5) is 4.39 Å². The predicted octanol–water partition coefficient (Wildman–Crippen LogP) is 2.62. The Hall–Kier alpha value is -3.01. The number of nitrogens with two attached hydrogens (primary N) is 1. The molecule has 164 valence electrons. The molecule has 0 aliphatic rings. The zero-order valence-corrected chi connectivity index (χ0v) is 17.9. The van der Waals surface area contributed by atoms with Gasteiger partial charge in [0.1, 0.15) is 11.4 Å². The number of aliphatic hydroxyl groups excluding tert-OH is 1. The van der Waals surface area contributed by atoms with Crippen LogP contribution in [0.2, 0.25) is 0 Å². The molecule has 1 heterocycles. The summed E-state index contributed by atoms with van der Waals surface area (Å²) in [5.41, 5.74) is 6.90. The van der Waals surface area contributed by atoms with Gasteiger partial charge in [-0.25, -0.2) is 17.6 Å². The van der Waals surface area contributed by atoms with Gasteiger partial charge in [-0.05, 0) is 55.0 Å². The third-order valence-corrected chi connectivity index (χ3v) is 6.41. The molecule has 0 aliphatic heterocycles. The first-order valence-electron chi connectivity index (χ1n) is 9.41. The van der Waals surface area contributed by atoms with Crippen molar-refractivity contribution in [3.8, 4) is 16.9 Å². The highest BCUT2D eigenvalue weighted by Gasteiger charge is 2.39. The summed E-state index contributed by atoms with van der Waals surface area (Å²) >= 11 is 0. The molecule has 3 rings (SSSR count). The minimum absolute atomic E-state index is 0.145. The number of hydrogen-bond donors (Lipinski definition) is 3. The predicted molar refractivity (Wildman–Crippen MR) is 114 cm³/mol. The van der Waals surface area contributed by atoms with Crippen LogP contribution >= 0.6 is 0 Å². The van der Waals surface area contributed by atoms with Crippen molar-refractivity contribution in [2.24, 2.45) is 5.73 Å². The lowest BCUT2D eigenvalue weighted by atomic mass is 9.87. The van der Waals surface area contributed by atoms with E-state index in [1.807, 2.05) is 0 Å². The minimum Gasteiger partial charge on any atom is -0.480 e. The molecule has 1 atom stereocenters. The molecule has 0 amide bonds. The molecule has 9 heteroatoms. The van der Waals surface area contributed by atoms with Crippen molar-refractivity contribution in [2.45, 2.75) is 23.8 Å². The van der Waals surface area contributed by atoms with Crippen LogP contribution in [-0.4, -0.2) is 42.0 Å². The summed E-state index contributed by atoms with van der Waals surface area (Å²) in [5.74, 6) is -1.72. The molecule has 0 saturated carbocycles. The molecule has 1 unspecified atom stereocenters. The van der Waals surface area contributed by atoms with Crippen molar-refractivity contribution < 1.29 is 27.8 Å². The summed E-state index contributed by atoms with van der Waals surface area (Å²) in [5, 5.41) is 19.2. The number of nitrogens with zero attached hydrogens (tertiary/aromatic N) is 1. The first-order chi connectivity index (χ1) is 14.5. The molecule has 0 radical (unpaired) electrons. The number of carboxylic acid groups (broad SMARTS) is 1. The molecule has 0 fully saturated rings. The van der Waals surface area contributed by atoms with Gasteiger partial charge in [0.05, 0.1) is 10.6 Å². The lowest BCUT2D eigenvalue weighted by Crippen LogP contribution is -2.46. The van der Waals surface area contributed by atoms with Gasteiger partial charge in [-0.15, -0.1) is 0 Å². The number of carbonyl (C=O) groups is 1. The zero-order valence-electron chi connectivity index (χ0n) is 17.0. The van der Waals surface area contributed by atoms with Crippen molar-refractivity contribution in [1.29, 1.82) is 0 Å². The quantitative estimate of drug-likeness (QED) is 0.513. The number of carboxylic acids is 1. The maximum absolute atomic E-state index is 13.5. The second-order valence-electron chi connectivity index (χ2n) is 7.39. The molecule has 0 bridgehead atoms. The molecular formula is C22H23FN2O5S. The number of rotatable bonds is 7.